The van der Waals surface area contributed by atoms with Crippen molar-refractivity contribution >= 4 is 22.4 Å². The number of benzene rings is 1. The molecule has 0 atom stereocenters. The fraction of sp³-hybridized carbons (Fsp3) is 0.478. The lowest BCUT2D eigenvalue weighted by molar-refractivity contribution is -0.143. The van der Waals surface area contributed by atoms with Crippen LogP contribution in [-0.4, -0.2) is 25.9 Å². The Labute approximate surface area is 196 Å². The van der Waals surface area contributed by atoms with Crippen LogP contribution in [0.15, 0.2) is 30.5 Å². The van der Waals surface area contributed by atoms with Gasteiger partial charge in [0.15, 0.2) is 5.69 Å². The smallest absolute Gasteiger partial charge is 0.296 e. The molecule has 0 aliphatic heterocycles. The summed E-state index contributed by atoms with van der Waals surface area (Å²) >= 11 is 1.24. The van der Waals surface area contributed by atoms with E-state index in [1.165, 1.54) is 48.8 Å². The van der Waals surface area contributed by atoms with E-state index >= 15 is 0 Å². The third-order valence-corrected chi connectivity index (χ3v) is 8.59. The van der Waals surface area contributed by atoms with Crippen LogP contribution in [0.3, 0.4) is 0 Å². The molecular formula is C23H21F4N5OS. The van der Waals surface area contributed by atoms with Crippen LogP contribution in [0.5, 0.6) is 0 Å². The molecule has 0 spiro atoms. The van der Waals surface area contributed by atoms with Crippen molar-refractivity contribution in [2.24, 2.45) is 17.8 Å². The molecular weight excluding hydrogens is 470 g/mol. The number of amides is 1. The Morgan fingerprint density at radius 3 is 2.32 bits per heavy atom. The average Bonchev–Trinajstić information content (AvgIpc) is 3.41. The molecule has 2 aromatic heterocycles. The number of alkyl halides is 3. The van der Waals surface area contributed by atoms with E-state index < -0.39 is 34.8 Å². The van der Waals surface area contributed by atoms with Crippen LogP contribution in [0.1, 0.15) is 59.6 Å². The molecule has 4 fully saturated rings. The van der Waals surface area contributed by atoms with E-state index in [0.717, 1.165) is 36.5 Å². The van der Waals surface area contributed by atoms with Crippen molar-refractivity contribution in [1.29, 1.82) is 0 Å². The van der Waals surface area contributed by atoms with E-state index in [1.54, 1.807) is 0 Å². The van der Waals surface area contributed by atoms with Gasteiger partial charge >= 0.3 is 6.18 Å². The number of nitrogens with one attached hydrogen (secondary N) is 1. The Bertz CT molecular complexity index is 1230. The first kappa shape index (κ1) is 21.7. The summed E-state index contributed by atoms with van der Waals surface area (Å²) in [6.45, 7) is 0. The van der Waals surface area contributed by atoms with Crippen molar-refractivity contribution < 1.29 is 22.4 Å². The van der Waals surface area contributed by atoms with E-state index in [-0.39, 0.29) is 10.5 Å². The number of aromatic nitrogens is 4. The average molecular weight is 492 g/mol. The van der Waals surface area contributed by atoms with Gasteiger partial charge in [-0.2, -0.15) is 18.3 Å². The summed E-state index contributed by atoms with van der Waals surface area (Å²) in [6.07, 6.45) is 2.87. The van der Waals surface area contributed by atoms with Gasteiger partial charge in [0.2, 0.25) is 5.13 Å². The van der Waals surface area contributed by atoms with E-state index in [9.17, 15) is 22.4 Å². The maximum Gasteiger partial charge on any atom is 0.434 e. The number of anilines is 1. The van der Waals surface area contributed by atoms with Crippen LogP contribution >= 0.6 is 11.3 Å². The van der Waals surface area contributed by atoms with Crippen LogP contribution < -0.4 is 5.32 Å². The Hall–Kier alpha value is -2.82. The van der Waals surface area contributed by atoms with Crippen molar-refractivity contribution in [3.63, 3.8) is 0 Å². The van der Waals surface area contributed by atoms with Gasteiger partial charge in [-0.25, -0.2) is 9.07 Å². The summed E-state index contributed by atoms with van der Waals surface area (Å²) < 4.78 is 56.3. The molecule has 4 aliphatic carbocycles. The van der Waals surface area contributed by atoms with Gasteiger partial charge in [0.1, 0.15) is 16.5 Å². The van der Waals surface area contributed by atoms with Crippen molar-refractivity contribution in [1.82, 2.24) is 20.0 Å². The first-order valence-electron chi connectivity index (χ1n) is 11.3. The highest BCUT2D eigenvalue weighted by molar-refractivity contribution is 7.15. The number of halogens is 4. The van der Waals surface area contributed by atoms with E-state index in [4.69, 9.17) is 0 Å². The Morgan fingerprint density at radius 2 is 1.71 bits per heavy atom. The van der Waals surface area contributed by atoms with Gasteiger partial charge in [-0.05, 0) is 68.4 Å². The minimum atomic E-state index is -4.93. The van der Waals surface area contributed by atoms with Crippen LogP contribution in [-0.2, 0) is 11.6 Å². The van der Waals surface area contributed by atoms with Crippen molar-refractivity contribution in [3.8, 4) is 5.69 Å². The fourth-order valence-electron chi connectivity index (χ4n) is 6.62. The highest BCUT2D eigenvalue weighted by Crippen LogP contribution is 2.61. The highest BCUT2D eigenvalue weighted by Gasteiger charge is 2.53. The first-order chi connectivity index (χ1) is 16.2. The molecule has 6 nitrogen and oxygen atoms in total. The van der Waals surface area contributed by atoms with Crippen molar-refractivity contribution in [2.75, 3.05) is 5.32 Å². The molecule has 1 aromatic carbocycles. The van der Waals surface area contributed by atoms with Gasteiger partial charge in [0.05, 0.1) is 11.8 Å². The molecule has 2 heterocycles. The number of carbonyl (C=O) groups excluding carboxylic acids is 1. The number of carbonyl (C=O) groups is 1. The second-order valence-electron chi connectivity index (χ2n) is 9.83. The molecule has 3 aromatic rings. The van der Waals surface area contributed by atoms with Gasteiger partial charge in [-0.3, -0.25) is 10.1 Å². The van der Waals surface area contributed by atoms with E-state index in [2.05, 4.69) is 20.6 Å². The largest absolute Gasteiger partial charge is 0.434 e. The molecule has 34 heavy (non-hydrogen) atoms. The molecule has 4 aliphatic rings. The summed E-state index contributed by atoms with van der Waals surface area (Å²) in [5, 5.41) is 15.6. The number of para-hydroxylation sites is 1. The Balaban J connectivity index is 1.28. The topological polar surface area (TPSA) is 72.7 Å². The lowest BCUT2D eigenvalue weighted by Crippen LogP contribution is -2.48. The Kier molecular flexibility index (Phi) is 4.84. The lowest BCUT2D eigenvalue weighted by Gasteiger charge is -2.55. The van der Waals surface area contributed by atoms with Gasteiger partial charge in [-0.15, -0.1) is 10.2 Å². The molecule has 1 N–H and O–H groups in total. The van der Waals surface area contributed by atoms with Crippen LogP contribution in [0, 0.1) is 23.6 Å². The quantitative estimate of drug-likeness (QED) is 0.482. The molecule has 4 bridgehead atoms. The zero-order valence-corrected chi connectivity index (χ0v) is 18.8. The zero-order chi connectivity index (χ0) is 23.7. The SMILES string of the molecule is O=C(Nc1nnc(C23CC4CC(CC(C4)C2)C3)s1)c1cnn(-c2ccccc2F)c1C(F)(F)F. The van der Waals surface area contributed by atoms with E-state index in [0.29, 0.717) is 22.4 Å². The predicted octanol–water partition coefficient (Wildman–Crippen LogP) is 5.60. The summed E-state index contributed by atoms with van der Waals surface area (Å²) in [7, 11) is 0. The monoisotopic (exact) mass is 491 g/mol. The van der Waals surface area contributed by atoms with Crippen molar-refractivity contribution in [3.05, 3.63) is 52.5 Å². The molecule has 0 unspecified atom stereocenters. The molecule has 178 valence electrons. The van der Waals surface area contributed by atoms with Gasteiger partial charge in [0, 0.05) is 5.41 Å². The minimum Gasteiger partial charge on any atom is -0.296 e. The zero-order valence-electron chi connectivity index (χ0n) is 18.0. The molecule has 0 radical (unpaired) electrons. The Morgan fingerprint density at radius 1 is 1.06 bits per heavy atom. The molecule has 1 amide bonds. The number of nitrogens with zero attached hydrogens (tertiary/aromatic N) is 4. The van der Waals surface area contributed by atoms with E-state index in [1.807, 2.05) is 0 Å². The minimum absolute atomic E-state index is 0.0256. The summed E-state index contributed by atoms with van der Waals surface area (Å²) in [4.78, 5) is 12.8. The molecule has 7 rings (SSSR count). The second kappa shape index (κ2) is 7.59. The summed E-state index contributed by atoms with van der Waals surface area (Å²) in [5.74, 6) is 0.209. The van der Waals surface area contributed by atoms with Crippen LogP contribution in [0.4, 0.5) is 22.7 Å². The lowest BCUT2D eigenvalue weighted by atomic mass is 9.50. The second-order valence-corrected chi connectivity index (χ2v) is 10.8. The standard InChI is InChI=1S/C23H21F4N5OS/c24-16-3-1-2-4-17(16)32-18(23(25,26)27)15(11-28-32)19(33)29-21-31-30-20(34-21)22-8-12-5-13(9-22)7-14(6-12)10-22/h1-4,11-14H,5-10H2,(H,29,31,33). The third kappa shape index (κ3) is 3.52. The molecule has 4 saturated carbocycles. The van der Waals surface area contributed by atoms with Gasteiger partial charge in [0.25, 0.3) is 5.91 Å². The molecule has 0 saturated heterocycles. The predicted molar refractivity (Wildman–Crippen MR) is 116 cm³/mol. The highest BCUT2D eigenvalue weighted by atomic mass is 32.1. The maximum absolute atomic E-state index is 14.2. The fourth-order valence-corrected chi connectivity index (χ4v) is 7.58. The number of hydrogen-bond donors (Lipinski definition) is 1. The summed E-state index contributed by atoms with van der Waals surface area (Å²) in [6, 6.07) is 4.96. The number of rotatable bonds is 4. The maximum atomic E-state index is 14.2. The summed E-state index contributed by atoms with van der Waals surface area (Å²) in [5.41, 5.74) is -2.47. The normalized spacial score (nSPS) is 27.8. The van der Waals surface area contributed by atoms with Gasteiger partial charge < -0.3 is 0 Å². The first-order valence-corrected chi connectivity index (χ1v) is 12.1. The van der Waals surface area contributed by atoms with Crippen LogP contribution in [0.25, 0.3) is 5.69 Å². The van der Waals surface area contributed by atoms with Crippen LogP contribution in [0.2, 0.25) is 0 Å². The van der Waals surface area contributed by atoms with Crippen molar-refractivity contribution in [2.45, 2.75) is 50.1 Å². The third-order valence-electron chi connectivity index (χ3n) is 7.50. The van der Waals surface area contributed by atoms with Gasteiger partial charge in [-0.1, -0.05) is 23.5 Å². The molecule has 11 heteroatoms. The number of hydrogen-bond acceptors (Lipinski definition) is 5.